The molecule has 0 unspecified atom stereocenters. The Bertz CT molecular complexity index is 811. The molecule has 3 fully saturated rings. The molecular weight excluding hydrogens is 344 g/mol. The zero-order chi connectivity index (χ0) is 17.8. The van der Waals surface area contributed by atoms with Crippen LogP contribution in [0.4, 0.5) is 0 Å². The number of hydrogen-bond acceptors (Lipinski definition) is 5. The van der Waals surface area contributed by atoms with Crippen LogP contribution >= 0.6 is 0 Å². The van der Waals surface area contributed by atoms with Gasteiger partial charge in [-0.25, -0.2) is 8.42 Å². The Morgan fingerprint density at radius 2 is 2.20 bits per heavy atom. The van der Waals surface area contributed by atoms with E-state index in [1.165, 1.54) is 4.31 Å². The highest BCUT2D eigenvalue weighted by molar-refractivity contribution is 7.90. The van der Waals surface area contributed by atoms with Gasteiger partial charge in [-0.3, -0.25) is 4.79 Å². The van der Waals surface area contributed by atoms with Gasteiger partial charge in [0.25, 0.3) is 5.91 Å². The minimum Gasteiger partial charge on any atom is -0.497 e. The van der Waals surface area contributed by atoms with Crippen LogP contribution in [0.2, 0.25) is 0 Å². The molecule has 136 valence electrons. The third-order valence-corrected chi connectivity index (χ3v) is 7.92. The maximum Gasteiger partial charge on any atom is 0.254 e. The number of methoxy groups -OCH3 is 1. The van der Waals surface area contributed by atoms with E-state index >= 15 is 0 Å². The number of morpholine rings is 1. The highest BCUT2D eigenvalue weighted by Gasteiger charge is 2.65. The summed E-state index contributed by atoms with van der Waals surface area (Å²) in [4.78, 5) is 14.7. The van der Waals surface area contributed by atoms with Crippen molar-refractivity contribution in [1.82, 2.24) is 9.21 Å². The molecule has 0 aromatic heterocycles. The Kier molecular flexibility index (Phi) is 3.82. The largest absolute Gasteiger partial charge is 0.497 e. The molecule has 0 aliphatic carbocycles. The third-order valence-electron chi connectivity index (χ3n) is 5.47. The molecule has 25 heavy (non-hydrogen) atoms. The van der Waals surface area contributed by atoms with Crippen molar-refractivity contribution in [3.05, 3.63) is 29.8 Å². The SMILES string of the molecule is CCN1C[C@]23CN(C(=O)c4cccc(OC)c4)C[C@H](C[C@H]2S1(=O)=O)O3. The Labute approximate surface area is 147 Å². The number of likely N-dealkylation sites (N-methyl/N-ethyl adjacent to an activating group) is 1. The molecule has 7 nitrogen and oxygen atoms in total. The van der Waals surface area contributed by atoms with Gasteiger partial charge in [0.2, 0.25) is 10.0 Å². The molecule has 3 atom stereocenters. The number of likely N-dealkylation sites (tertiary alicyclic amines) is 1. The second-order valence-corrected chi connectivity index (χ2v) is 9.03. The second-order valence-electron chi connectivity index (χ2n) is 6.92. The summed E-state index contributed by atoms with van der Waals surface area (Å²) in [5.41, 5.74) is -0.256. The lowest BCUT2D eigenvalue weighted by atomic mass is 9.99. The summed E-state index contributed by atoms with van der Waals surface area (Å²) in [6, 6.07) is 7.03. The number of ether oxygens (including phenoxy) is 2. The van der Waals surface area contributed by atoms with E-state index in [-0.39, 0.29) is 12.0 Å². The molecule has 2 bridgehead atoms. The van der Waals surface area contributed by atoms with Crippen molar-refractivity contribution in [2.45, 2.75) is 30.3 Å². The zero-order valence-electron chi connectivity index (χ0n) is 14.3. The molecule has 8 heteroatoms. The number of nitrogens with zero attached hydrogens (tertiary/aromatic N) is 2. The summed E-state index contributed by atoms with van der Waals surface area (Å²) >= 11 is 0. The lowest BCUT2D eigenvalue weighted by molar-refractivity contribution is -0.0974. The third kappa shape index (κ3) is 2.46. The van der Waals surface area contributed by atoms with Crippen molar-refractivity contribution in [3.8, 4) is 5.75 Å². The lowest BCUT2D eigenvalue weighted by Gasteiger charge is -2.39. The zero-order valence-corrected chi connectivity index (χ0v) is 15.2. The molecule has 3 saturated heterocycles. The Morgan fingerprint density at radius 1 is 1.40 bits per heavy atom. The molecule has 0 saturated carbocycles. The van der Waals surface area contributed by atoms with E-state index in [0.717, 1.165) is 0 Å². The van der Waals surface area contributed by atoms with Crippen LogP contribution in [0.15, 0.2) is 24.3 Å². The summed E-state index contributed by atoms with van der Waals surface area (Å²) < 4.78 is 38.2. The molecule has 3 aliphatic heterocycles. The van der Waals surface area contributed by atoms with Crippen LogP contribution in [0.5, 0.6) is 5.75 Å². The number of rotatable bonds is 3. The Hall–Kier alpha value is -1.64. The number of fused-ring (bicyclic) bond motifs is 1. The number of amides is 1. The second kappa shape index (κ2) is 5.69. The maximum absolute atomic E-state index is 12.9. The summed E-state index contributed by atoms with van der Waals surface area (Å²) in [6.45, 7) is 3.32. The van der Waals surface area contributed by atoms with Crippen molar-refractivity contribution in [2.24, 2.45) is 0 Å². The highest BCUT2D eigenvalue weighted by atomic mass is 32.2. The van der Waals surface area contributed by atoms with Crippen molar-refractivity contribution in [1.29, 1.82) is 0 Å². The van der Waals surface area contributed by atoms with Crippen molar-refractivity contribution in [3.63, 3.8) is 0 Å². The van der Waals surface area contributed by atoms with Crippen LogP contribution in [0.25, 0.3) is 0 Å². The first-order valence-corrected chi connectivity index (χ1v) is 10.00. The van der Waals surface area contributed by atoms with Crippen LogP contribution in [-0.2, 0) is 14.8 Å². The van der Waals surface area contributed by atoms with Gasteiger partial charge >= 0.3 is 0 Å². The molecule has 0 radical (unpaired) electrons. The lowest BCUT2D eigenvalue weighted by Crippen LogP contribution is -2.56. The molecule has 1 aromatic carbocycles. The van der Waals surface area contributed by atoms with Gasteiger partial charge in [-0.15, -0.1) is 0 Å². The van der Waals surface area contributed by atoms with E-state index in [0.29, 0.717) is 43.9 Å². The Morgan fingerprint density at radius 3 is 2.92 bits per heavy atom. The fourth-order valence-corrected chi connectivity index (χ4v) is 6.65. The summed E-state index contributed by atoms with van der Waals surface area (Å²) in [5.74, 6) is 0.512. The normalized spacial score (nSPS) is 33.3. The van der Waals surface area contributed by atoms with Crippen molar-refractivity contribution < 1.29 is 22.7 Å². The van der Waals surface area contributed by atoms with Gasteiger partial charge in [-0.1, -0.05) is 13.0 Å². The van der Waals surface area contributed by atoms with Crippen molar-refractivity contribution in [2.75, 3.05) is 33.3 Å². The van der Waals surface area contributed by atoms with E-state index in [1.54, 1.807) is 36.3 Å². The summed E-state index contributed by atoms with van der Waals surface area (Å²) in [5, 5.41) is -0.548. The Balaban J connectivity index is 1.62. The first-order chi connectivity index (χ1) is 11.9. The molecular formula is C17H22N2O5S. The van der Waals surface area contributed by atoms with E-state index in [1.807, 2.05) is 6.92 Å². The number of carbonyl (C=O) groups excluding carboxylic acids is 1. The van der Waals surface area contributed by atoms with Gasteiger partial charge in [-0.2, -0.15) is 4.31 Å². The van der Waals surface area contributed by atoms with E-state index in [2.05, 4.69) is 0 Å². The maximum atomic E-state index is 12.9. The quantitative estimate of drug-likeness (QED) is 0.788. The molecule has 1 aromatic rings. The monoisotopic (exact) mass is 366 g/mol. The molecule has 3 aliphatic rings. The van der Waals surface area contributed by atoms with Gasteiger partial charge in [-0.05, 0) is 24.6 Å². The first-order valence-electron chi connectivity index (χ1n) is 8.50. The average Bonchev–Trinajstić information content (AvgIpc) is 2.99. The van der Waals surface area contributed by atoms with Crippen molar-refractivity contribution >= 4 is 15.9 Å². The molecule has 4 rings (SSSR count). The standard InChI is InChI=1S/C17H22N2O5S/c1-3-19-11-17-10-18(9-14(24-17)8-15(17)25(19,21)22)16(20)12-5-4-6-13(7-12)23-2/h4-7,14-15H,3,8-11H2,1-2H3/t14-,15+,17+/m0/s1. The van der Waals surface area contributed by atoms with Gasteiger partial charge in [0.05, 0.1) is 19.8 Å². The molecule has 1 spiro atoms. The van der Waals surface area contributed by atoms with Crippen LogP contribution in [0.3, 0.4) is 0 Å². The predicted octanol–water partition coefficient (Wildman–Crippen LogP) is 0.713. The predicted molar refractivity (Wildman–Crippen MR) is 91.1 cm³/mol. The van der Waals surface area contributed by atoms with E-state index in [9.17, 15) is 13.2 Å². The van der Waals surface area contributed by atoms with Crippen LogP contribution in [0.1, 0.15) is 23.7 Å². The number of carbonyl (C=O) groups is 1. The minimum atomic E-state index is -3.35. The van der Waals surface area contributed by atoms with Crippen LogP contribution in [0, 0.1) is 0 Å². The molecule has 3 heterocycles. The van der Waals surface area contributed by atoms with E-state index < -0.39 is 20.9 Å². The number of benzene rings is 1. The molecule has 1 amide bonds. The fraction of sp³-hybridized carbons (Fsp3) is 0.588. The number of sulfonamides is 1. The minimum absolute atomic E-state index is 0.112. The van der Waals surface area contributed by atoms with Crippen LogP contribution in [-0.4, -0.2) is 73.8 Å². The van der Waals surface area contributed by atoms with Gasteiger partial charge in [0.1, 0.15) is 16.6 Å². The first kappa shape index (κ1) is 16.8. The van der Waals surface area contributed by atoms with E-state index in [4.69, 9.17) is 9.47 Å². The highest BCUT2D eigenvalue weighted by Crippen LogP contribution is 2.46. The van der Waals surface area contributed by atoms with Gasteiger partial charge in [0, 0.05) is 25.2 Å². The summed E-state index contributed by atoms with van der Waals surface area (Å²) in [6.07, 6.45) is 0.239. The molecule has 0 N–H and O–H groups in total. The average molecular weight is 366 g/mol. The van der Waals surface area contributed by atoms with Crippen LogP contribution < -0.4 is 4.74 Å². The smallest absolute Gasteiger partial charge is 0.254 e. The topological polar surface area (TPSA) is 76.2 Å². The van der Waals surface area contributed by atoms with Gasteiger partial charge < -0.3 is 14.4 Å². The number of hydrogen-bond donors (Lipinski definition) is 0. The van der Waals surface area contributed by atoms with Gasteiger partial charge in [0.15, 0.2) is 0 Å². The fourth-order valence-electron chi connectivity index (χ4n) is 4.33. The summed E-state index contributed by atoms with van der Waals surface area (Å²) in [7, 11) is -1.79.